The van der Waals surface area contributed by atoms with Gasteiger partial charge in [-0.25, -0.2) is 9.37 Å². The molecule has 0 spiro atoms. The minimum Gasteiger partial charge on any atom is -0.315 e. The molecular formula is C12H7F4N8+. The van der Waals surface area contributed by atoms with Crippen LogP contribution >= 0.6 is 0 Å². The molecule has 3 aromatic heterocycles. The van der Waals surface area contributed by atoms with Crippen molar-refractivity contribution in [2.24, 2.45) is 9.98 Å². The van der Waals surface area contributed by atoms with Gasteiger partial charge in [-0.1, -0.05) is 4.98 Å². The molecule has 0 aliphatic carbocycles. The molecule has 0 radical (unpaired) electrons. The van der Waals surface area contributed by atoms with E-state index in [2.05, 4.69) is 35.1 Å². The minimum atomic E-state index is -4.67. The molecule has 0 atom stereocenters. The van der Waals surface area contributed by atoms with Crippen molar-refractivity contribution in [1.82, 2.24) is 25.1 Å². The normalized spacial score (nSPS) is 14.6. The number of hydrogen-bond acceptors (Lipinski definition) is 5. The van der Waals surface area contributed by atoms with Gasteiger partial charge in [-0.05, 0) is 0 Å². The van der Waals surface area contributed by atoms with Crippen LogP contribution in [0, 0.1) is 5.82 Å². The first-order valence-electron chi connectivity index (χ1n) is 6.57. The predicted molar refractivity (Wildman–Crippen MR) is 72.0 cm³/mol. The van der Waals surface area contributed by atoms with Crippen molar-refractivity contribution in [3.8, 4) is 11.5 Å². The van der Waals surface area contributed by atoms with Gasteiger partial charge < -0.3 is 4.98 Å². The molecule has 3 aromatic rings. The lowest BCUT2D eigenvalue weighted by Gasteiger charge is -1.99. The van der Waals surface area contributed by atoms with Crippen molar-refractivity contribution in [3.63, 3.8) is 0 Å². The fraction of sp³-hybridized carbons (Fsp3) is 0.167. The monoisotopic (exact) mass is 339 g/mol. The van der Waals surface area contributed by atoms with Crippen LogP contribution in [-0.2, 0) is 6.18 Å². The van der Waals surface area contributed by atoms with Crippen molar-refractivity contribution >= 4 is 17.7 Å². The summed E-state index contributed by atoms with van der Waals surface area (Å²) in [5.41, 5.74) is 0.782. The second-order valence-corrected chi connectivity index (χ2v) is 4.83. The number of hydrogen-bond donors (Lipinski definition) is 2. The molecule has 2 N–H and O–H groups in total. The maximum Gasteiger partial charge on any atom is 0.451 e. The Labute approximate surface area is 130 Å². The maximum atomic E-state index is 13.5. The Balaban J connectivity index is 1.96. The highest BCUT2D eigenvalue weighted by atomic mass is 19.4. The van der Waals surface area contributed by atoms with E-state index in [-0.39, 0.29) is 29.7 Å². The second kappa shape index (κ2) is 4.91. The van der Waals surface area contributed by atoms with E-state index < -0.39 is 17.8 Å². The molecule has 0 aromatic carbocycles. The number of nitrogens with zero attached hydrogens (tertiary/aromatic N) is 6. The molecule has 0 saturated carbocycles. The molecular weight excluding hydrogens is 332 g/mol. The van der Waals surface area contributed by atoms with Crippen molar-refractivity contribution in [3.05, 3.63) is 29.7 Å². The quantitative estimate of drug-likeness (QED) is 0.536. The lowest BCUT2D eigenvalue weighted by Crippen LogP contribution is -2.29. The van der Waals surface area contributed by atoms with E-state index in [1.165, 1.54) is 10.6 Å². The molecule has 24 heavy (non-hydrogen) atoms. The van der Waals surface area contributed by atoms with Gasteiger partial charge in [0.2, 0.25) is 5.82 Å². The van der Waals surface area contributed by atoms with Crippen molar-refractivity contribution in [1.29, 1.82) is 0 Å². The van der Waals surface area contributed by atoms with E-state index in [0.29, 0.717) is 5.71 Å². The molecule has 1 aliphatic heterocycles. The molecule has 0 bridgehead atoms. The average Bonchev–Trinajstić information content (AvgIpc) is 3.24. The molecule has 4 rings (SSSR count). The summed E-state index contributed by atoms with van der Waals surface area (Å²) < 4.78 is 53.0. The van der Waals surface area contributed by atoms with Crippen molar-refractivity contribution < 1.29 is 22.0 Å². The Morgan fingerprint density at radius 3 is 2.67 bits per heavy atom. The minimum absolute atomic E-state index is 0.142. The topological polar surface area (TPSA) is 99.1 Å². The lowest BCUT2D eigenvalue weighted by atomic mass is 10.2. The first-order valence-corrected chi connectivity index (χ1v) is 6.57. The summed E-state index contributed by atoms with van der Waals surface area (Å²) >= 11 is 0. The fourth-order valence-electron chi connectivity index (χ4n) is 2.30. The van der Waals surface area contributed by atoms with Gasteiger partial charge in [0.05, 0.1) is 6.21 Å². The number of H-pyrrole nitrogens is 2. The van der Waals surface area contributed by atoms with Crippen LogP contribution < -0.4 is 4.40 Å². The van der Waals surface area contributed by atoms with Crippen LogP contribution in [0.4, 0.5) is 17.6 Å². The molecule has 0 fully saturated rings. The molecule has 0 amide bonds. The maximum absolute atomic E-state index is 13.5. The van der Waals surface area contributed by atoms with Gasteiger partial charge >= 0.3 is 12.0 Å². The highest BCUT2D eigenvalue weighted by Gasteiger charge is 2.37. The van der Waals surface area contributed by atoms with Gasteiger partial charge in [0.1, 0.15) is 24.8 Å². The number of nitrogens with one attached hydrogen (secondary N) is 2. The zero-order valence-corrected chi connectivity index (χ0v) is 11.6. The number of aromatic nitrogens is 6. The van der Waals surface area contributed by atoms with Crippen LogP contribution in [-0.4, -0.2) is 43.7 Å². The molecule has 8 nitrogen and oxygen atoms in total. The van der Waals surface area contributed by atoms with Gasteiger partial charge in [-0.2, -0.15) is 17.6 Å². The molecule has 4 heterocycles. The summed E-state index contributed by atoms with van der Waals surface area (Å²) in [4.78, 5) is 16.8. The highest BCUT2D eigenvalue weighted by molar-refractivity contribution is 6.39. The van der Waals surface area contributed by atoms with E-state index in [4.69, 9.17) is 0 Å². The number of halogens is 4. The Kier molecular flexibility index (Phi) is 2.95. The van der Waals surface area contributed by atoms with Crippen LogP contribution in [0.2, 0.25) is 0 Å². The van der Waals surface area contributed by atoms with Gasteiger partial charge in [-0.15, -0.1) is 10.2 Å². The number of aliphatic imine (C=N–C) groups is 2. The summed E-state index contributed by atoms with van der Waals surface area (Å²) in [5.74, 6) is -1.84. The van der Waals surface area contributed by atoms with Crippen LogP contribution in [0.25, 0.3) is 17.3 Å². The first-order chi connectivity index (χ1) is 11.4. The number of alkyl halides is 3. The van der Waals surface area contributed by atoms with Gasteiger partial charge in [0, 0.05) is 0 Å². The van der Waals surface area contributed by atoms with E-state index in [1.807, 2.05) is 0 Å². The number of rotatable bonds is 2. The number of imidazole rings is 1. The third kappa shape index (κ3) is 2.23. The highest BCUT2D eigenvalue weighted by Crippen LogP contribution is 2.28. The number of fused-ring (bicyclic) bond motifs is 1. The fourth-order valence-corrected chi connectivity index (χ4v) is 2.30. The second-order valence-electron chi connectivity index (χ2n) is 4.83. The lowest BCUT2D eigenvalue weighted by molar-refractivity contribution is -0.515. The largest absolute Gasteiger partial charge is 0.451 e. The van der Waals surface area contributed by atoms with Gasteiger partial charge in [-0.3, -0.25) is 9.98 Å². The zero-order chi connectivity index (χ0) is 16.9. The van der Waals surface area contributed by atoms with Gasteiger partial charge in [0.25, 0.3) is 0 Å². The molecule has 0 saturated heterocycles. The van der Waals surface area contributed by atoms with E-state index >= 15 is 0 Å². The summed E-state index contributed by atoms with van der Waals surface area (Å²) in [6.07, 6.45) is -1.12. The zero-order valence-electron chi connectivity index (χ0n) is 11.6. The molecule has 1 aliphatic rings. The number of aromatic amines is 2. The van der Waals surface area contributed by atoms with Gasteiger partial charge in [0.15, 0.2) is 23.0 Å². The smallest absolute Gasteiger partial charge is 0.315 e. The van der Waals surface area contributed by atoms with Crippen LogP contribution in [0.15, 0.2) is 22.4 Å². The van der Waals surface area contributed by atoms with E-state index in [9.17, 15) is 17.6 Å². The van der Waals surface area contributed by atoms with Crippen molar-refractivity contribution in [2.75, 3.05) is 6.67 Å². The standard InChI is InChI=1S/C12H6F4N8/c13-5-1-18-11-20-7(9-21-10(23-22-9)12(14,15)16)8(24(11)3-5)6-2-17-4-19-6/h1-3H,4H2,(H,19,21,22,23)/p+1. The predicted octanol–water partition coefficient (Wildman–Crippen LogP) is 0.922. The Hall–Kier alpha value is -3.18. The van der Waals surface area contributed by atoms with Crippen molar-refractivity contribution in [2.45, 2.75) is 6.18 Å². The SMILES string of the molecule is Fc1cnc2[nH]c(-c3nnc(C(F)(F)F)[nH]3)c(C3=NCN=C3)[n+]2c1. The summed E-state index contributed by atoms with van der Waals surface area (Å²) in [5, 5.41) is 6.60. The third-order valence-corrected chi connectivity index (χ3v) is 3.28. The van der Waals surface area contributed by atoms with Crippen LogP contribution in [0.1, 0.15) is 11.5 Å². The molecule has 0 unspecified atom stereocenters. The summed E-state index contributed by atoms with van der Waals surface area (Å²) in [6.45, 7) is 0.176. The Morgan fingerprint density at radius 2 is 2.00 bits per heavy atom. The third-order valence-electron chi connectivity index (χ3n) is 3.28. The van der Waals surface area contributed by atoms with E-state index in [0.717, 1.165) is 12.4 Å². The summed E-state index contributed by atoms with van der Waals surface area (Å²) in [7, 11) is 0. The first kappa shape index (κ1) is 14.4. The molecule has 122 valence electrons. The van der Waals surface area contributed by atoms with Crippen LogP contribution in [0.3, 0.4) is 0 Å². The Bertz CT molecular complexity index is 996. The Morgan fingerprint density at radius 1 is 1.17 bits per heavy atom. The average molecular weight is 339 g/mol. The van der Waals surface area contributed by atoms with E-state index in [1.54, 1.807) is 0 Å². The summed E-state index contributed by atoms with van der Waals surface area (Å²) in [6, 6.07) is 0. The molecule has 12 heteroatoms. The van der Waals surface area contributed by atoms with Crippen LogP contribution in [0.5, 0.6) is 0 Å².